The van der Waals surface area contributed by atoms with Crippen molar-refractivity contribution >= 4 is 23.6 Å². The minimum atomic E-state index is 0.218. The maximum atomic E-state index is 9.62. The summed E-state index contributed by atoms with van der Waals surface area (Å²) in [5.74, 6) is 0.218. The Hall–Kier alpha value is -1.48. The van der Waals surface area contributed by atoms with Crippen LogP contribution in [0.15, 0.2) is 29.8 Å². The van der Waals surface area contributed by atoms with Gasteiger partial charge in [0.1, 0.15) is 5.75 Å². The Bertz CT molecular complexity index is 430. The first kappa shape index (κ1) is 13.6. The third kappa shape index (κ3) is 3.79. The summed E-state index contributed by atoms with van der Waals surface area (Å²) in [5, 5.41) is 10.1. The molecule has 0 aliphatic carbocycles. The molecule has 0 unspecified atom stereocenters. The number of halogens is 1. The number of nitrogens with zero attached hydrogens (tertiary/aromatic N) is 2. The van der Waals surface area contributed by atoms with E-state index in [0.717, 1.165) is 18.5 Å². The zero-order valence-electron chi connectivity index (χ0n) is 10.2. The molecule has 92 valence electrons. The molecule has 0 aliphatic heterocycles. The topological polar surface area (TPSA) is 35.8 Å². The largest absolute Gasteiger partial charge is 0.508 e. The third-order valence-electron chi connectivity index (χ3n) is 2.34. The molecule has 4 heteroatoms. The maximum absolute atomic E-state index is 9.62. The van der Waals surface area contributed by atoms with E-state index in [-0.39, 0.29) is 5.75 Å². The first-order valence-corrected chi connectivity index (χ1v) is 5.83. The van der Waals surface area contributed by atoms with Crippen LogP contribution in [0.3, 0.4) is 0 Å². The lowest BCUT2D eigenvalue weighted by Crippen LogP contribution is -2.15. The zero-order chi connectivity index (χ0) is 12.8. The fraction of sp³-hybridized carbons (Fsp3) is 0.308. The molecule has 1 N–H and O–H groups in total. The van der Waals surface area contributed by atoms with Gasteiger partial charge in [-0.05, 0) is 18.1 Å². The van der Waals surface area contributed by atoms with Gasteiger partial charge in [0.25, 0.3) is 0 Å². The number of aromatic hydroxyl groups is 1. The van der Waals surface area contributed by atoms with Crippen molar-refractivity contribution in [2.45, 2.75) is 13.3 Å². The standard InChI is InChI=1S/C13H17ClN2O/c1-4-6-16(3)9-15-12-7-10(5-2)13(17)8-11(12)14/h4,7-9,17H,1,5-6H2,2-3H3. The molecule has 0 spiro atoms. The van der Waals surface area contributed by atoms with Gasteiger partial charge in [-0.1, -0.05) is 24.6 Å². The molecule has 0 saturated heterocycles. The predicted octanol–water partition coefficient (Wildman–Crippen LogP) is 3.39. The molecule has 0 fully saturated rings. The summed E-state index contributed by atoms with van der Waals surface area (Å²) in [6.45, 7) is 6.34. The van der Waals surface area contributed by atoms with Crippen molar-refractivity contribution in [2.75, 3.05) is 13.6 Å². The van der Waals surface area contributed by atoms with E-state index >= 15 is 0 Å². The average Bonchev–Trinajstić information content (AvgIpc) is 2.28. The molecule has 1 aromatic carbocycles. The minimum Gasteiger partial charge on any atom is -0.508 e. The molecule has 3 nitrogen and oxygen atoms in total. The van der Waals surface area contributed by atoms with Crippen LogP contribution in [-0.2, 0) is 6.42 Å². The van der Waals surface area contributed by atoms with E-state index in [1.54, 1.807) is 18.5 Å². The lowest BCUT2D eigenvalue weighted by molar-refractivity contribution is 0.469. The molecule has 0 aliphatic rings. The van der Waals surface area contributed by atoms with E-state index in [1.165, 1.54) is 6.07 Å². The molecule has 0 saturated carbocycles. The van der Waals surface area contributed by atoms with Gasteiger partial charge in [-0.2, -0.15) is 0 Å². The molecular weight excluding hydrogens is 236 g/mol. The number of hydrogen-bond donors (Lipinski definition) is 1. The lowest BCUT2D eigenvalue weighted by atomic mass is 10.1. The smallest absolute Gasteiger partial charge is 0.120 e. The number of phenolic OH excluding ortho intramolecular Hbond substituents is 1. The van der Waals surface area contributed by atoms with Crippen LogP contribution >= 0.6 is 11.6 Å². The van der Waals surface area contributed by atoms with E-state index in [9.17, 15) is 5.11 Å². The zero-order valence-corrected chi connectivity index (χ0v) is 10.9. The third-order valence-corrected chi connectivity index (χ3v) is 2.64. The Morgan fingerprint density at radius 1 is 1.53 bits per heavy atom. The average molecular weight is 253 g/mol. The van der Waals surface area contributed by atoms with Crippen molar-refractivity contribution in [3.63, 3.8) is 0 Å². The van der Waals surface area contributed by atoms with Gasteiger partial charge >= 0.3 is 0 Å². The van der Waals surface area contributed by atoms with Gasteiger partial charge in [0.05, 0.1) is 17.0 Å². The number of aryl methyl sites for hydroxylation is 1. The second-order valence-electron chi connectivity index (χ2n) is 3.76. The van der Waals surface area contributed by atoms with Gasteiger partial charge in [-0.15, -0.1) is 6.58 Å². The highest BCUT2D eigenvalue weighted by molar-refractivity contribution is 6.33. The summed E-state index contributed by atoms with van der Waals surface area (Å²) in [4.78, 5) is 6.17. The van der Waals surface area contributed by atoms with Crippen molar-refractivity contribution in [1.82, 2.24) is 4.90 Å². The monoisotopic (exact) mass is 252 g/mol. The van der Waals surface area contributed by atoms with Gasteiger partial charge in [0, 0.05) is 19.7 Å². The van der Waals surface area contributed by atoms with Crippen LogP contribution in [0, 0.1) is 0 Å². The highest BCUT2D eigenvalue weighted by Gasteiger charge is 2.05. The number of phenols is 1. The first-order chi connectivity index (χ1) is 8.08. The van der Waals surface area contributed by atoms with E-state index < -0.39 is 0 Å². The van der Waals surface area contributed by atoms with Crippen molar-refractivity contribution < 1.29 is 5.11 Å². The number of likely N-dealkylation sites (N-methyl/N-ethyl adjacent to an activating group) is 1. The number of aliphatic imine (C=N–C) groups is 1. The molecular formula is C13H17ClN2O. The Morgan fingerprint density at radius 3 is 2.82 bits per heavy atom. The van der Waals surface area contributed by atoms with E-state index in [2.05, 4.69) is 11.6 Å². The van der Waals surface area contributed by atoms with Gasteiger partial charge < -0.3 is 10.0 Å². The van der Waals surface area contributed by atoms with Crippen LogP contribution in [0.25, 0.3) is 0 Å². The maximum Gasteiger partial charge on any atom is 0.120 e. The van der Waals surface area contributed by atoms with Crippen LogP contribution < -0.4 is 0 Å². The number of rotatable bonds is 5. The second kappa shape index (κ2) is 6.30. The summed E-state index contributed by atoms with van der Waals surface area (Å²) >= 11 is 6.01. The second-order valence-corrected chi connectivity index (χ2v) is 4.17. The molecule has 0 radical (unpaired) electrons. The van der Waals surface area contributed by atoms with Crippen molar-refractivity contribution in [3.05, 3.63) is 35.4 Å². The van der Waals surface area contributed by atoms with Gasteiger partial charge in [-0.3, -0.25) is 0 Å². The molecule has 0 aromatic heterocycles. The Balaban J connectivity index is 2.94. The Kier molecular flexibility index (Phi) is 5.04. The Labute approximate surface area is 107 Å². The summed E-state index contributed by atoms with van der Waals surface area (Å²) in [6.07, 6.45) is 4.23. The molecule has 1 rings (SSSR count). The van der Waals surface area contributed by atoms with Gasteiger partial charge in [0.15, 0.2) is 0 Å². The van der Waals surface area contributed by atoms with Gasteiger partial charge in [0.2, 0.25) is 0 Å². The SMILES string of the molecule is C=CCN(C)C=Nc1cc(CC)c(O)cc1Cl. The highest BCUT2D eigenvalue weighted by Crippen LogP contribution is 2.32. The van der Waals surface area contributed by atoms with Gasteiger partial charge in [-0.25, -0.2) is 4.99 Å². The van der Waals surface area contributed by atoms with Crippen molar-refractivity contribution in [1.29, 1.82) is 0 Å². The van der Waals surface area contributed by atoms with Crippen molar-refractivity contribution in [2.24, 2.45) is 4.99 Å². The van der Waals surface area contributed by atoms with E-state index in [0.29, 0.717) is 10.7 Å². The molecule has 0 heterocycles. The van der Waals surface area contributed by atoms with Crippen LogP contribution in [0.2, 0.25) is 5.02 Å². The Morgan fingerprint density at radius 2 is 2.24 bits per heavy atom. The van der Waals surface area contributed by atoms with Crippen LogP contribution in [0.4, 0.5) is 5.69 Å². The van der Waals surface area contributed by atoms with E-state index in [4.69, 9.17) is 11.6 Å². The van der Waals surface area contributed by atoms with Crippen molar-refractivity contribution in [3.8, 4) is 5.75 Å². The molecule has 1 aromatic rings. The number of hydrogen-bond acceptors (Lipinski definition) is 2. The van der Waals surface area contributed by atoms with Crippen LogP contribution in [0.5, 0.6) is 5.75 Å². The molecule has 0 bridgehead atoms. The lowest BCUT2D eigenvalue weighted by Gasteiger charge is -2.10. The fourth-order valence-electron chi connectivity index (χ4n) is 1.39. The molecule has 17 heavy (non-hydrogen) atoms. The summed E-state index contributed by atoms with van der Waals surface area (Å²) in [6, 6.07) is 3.33. The normalized spacial score (nSPS) is 10.8. The fourth-order valence-corrected chi connectivity index (χ4v) is 1.59. The molecule has 0 amide bonds. The van der Waals surface area contributed by atoms with Crippen LogP contribution in [-0.4, -0.2) is 29.9 Å². The summed E-state index contributed by atoms with van der Waals surface area (Å²) in [7, 11) is 1.90. The highest BCUT2D eigenvalue weighted by atomic mass is 35.5. The summed E-state index contributed by atoms with van der Waals surface area (Å²) < 4.78 is 0. The quantitative estimate of drug-likeness (QED) is 0.495. The summed E-state index contributed by atoms with van der Waals surface area (Å²) in [5.41, 5.74) is 1.50. The first-order valence-electron chi connectivity index (χ1n) is 5.45. The molecule has 0 atom stereocenters. The number of benzene rings is 1. The minimum absolute atomic E-state index is 0.218. The van der Waals surface area contributed by atoms with Crippen LogP contribution in [0.1, 0.15) is 12.5 Å². The predicted molar refractivity (Wildman–Crippen MR) is 73.5 cm³/mol. The van der Waals surface area contributed by atoms with E-state index in [1.807, 2.05) is 18.9 Å².